The molecule has 1 aliphatic rings. The van der Waals surface area contributed by atoms with E-state index in [0.717, 1.165) is 19.3 Å². The first-order valence-corrected chi connectivity index (χ1v) is 5.39. The van der Waals surface area contributed by atoms with Crippen LogP contribution in [-0.4, -0.2) is 18.5 Å². The van der Waals surface area contributed by atoms with Crippen molar-refractivity contribution < 1.29 is 4.79 Å². The first-order valence-electron chi connectivity index (χ1n) is 4.64. The molecule has 1 rings (SSSR count). The highest BCUT2D eigenvalue weighted by Crippen LogP contribution is 2.23. The van der Waals surface area contributed by atoms with E-state index in [4.69, 9.17) is 28.9 Å². The minimum atomic E-state index is 0.0452. The number of rotatable bonds is 3. The molecule has 0 aromatic heterocycles. The average Bonchev–Trinajstić information content (AvgIpc) is 2.51. The summed E-state index contributed by atoms with van der Waals surface area (Å²) in [5, 5.41) is 2.74. The van der Waals surface area contributed by atoms with E-state index in [0.29, 0.717) is 6.54 Å². The Kier molecular flexibility index (Phi) is 4.72. The zero-order chi connectivity index (χ0) is 10.6. The molecule has 0 heterocycles. The van der Waals surface area contributed by atoms with Crippen LogP contribution < -0.4 is 11.1 Å². The third kappa shape index (κ3) is 3.86. The van der Waals surface area contributed by atoms with Gasteiger partial charge >= 0.3 is 0 Å². The predicted octanol–water partition coefficient (Wildman–Crippen LogP) is 1.55. The summed E-state index contributed by atoms with van der Waals surface area (Å²) < 4.78 is 0.174. The van der Waals surface area contributed by atoms with Gasteiger partial charge in [0.1, 0.15) is 4.49 Å². The fraction of sp³-hybridized carbons (Fsp3) is 0.667. The topological polar surface area (TPSA) is 55.1 Å². The Labute approximate surface area is 93.6 Å². The van der Waals surface area contributed by atoms with Crippen LogP contribution in [-0.2, 0) is 4.79 Å². The zero-order valence-corrected chi connectivity index (χ0v) is 9.31. The van der Waals surface area contributed by atoms with Gasteiger partial charge < -0.3 is 11.1 Å². The maximum absolute atomic E-state index is 11.5. The van der Waals surface area contributed by atoms with Gasteiger partial charge in [0.05, 0.1) is 0 Å². The monoisotopic (exact) mass is 236 g/mol. The zero-order valence-electron chi connectivity index (χ0n) is 7.80. The van der Waals surface area contributed by atoms with Gasteiger partial charge in [-0.25, -0.2) is 0 Å². The van der Waals surface area contributed by atoms with Crippen molar-refractivity contribution in [2.75, 3.05) is 6.54 Å². The molecule has 1 saturated carbocycles. The fourth-order valence-corrected chi connectivity index (χ4v) is 1.78. The minimum Gasteiger partial charge on any atom is -0.352 e. The Morgan fingerprint density at radius 3 is 2.71 bits per heavy atom. The summed E-state index contributed by atoms with van der Waals surface area (Å²) in [7, 11) is 0. The lowest BCUT2D eigenvalue weighted by Gasteiger charge is -2.08. The normalized spacial score (nSPS) is 25.9. The molecule has 0 bridgehead atoms. The molecule has 1 amide bonds. The molecule has 0 saturated heterocycles. The second-order valence-electron chi connectivity index (χ2n) is 3.51. The Bertz CT molecular complexity index is 239. The maximum atomic E-state index is 11.5. The summed E-state index contributed by atoms with van der Waals surface area (Å²) in [5.74, 6) is 0.108. The van der Waals surface area contributed by atoms with Crippen molar-refractivity contribution in [3.63, 3.8) is 0 Å². The van der Waals surface area contributed by atoms with Crippen LogP contribution in [0.5, 0.6) is 0 Å². The highest BCUT2D eigenvalue weighted by molar-refractivity contribution is 6.55. The average molecular weight is 237 g/mol. The molecule has 80 valence electrons. The number of nitrogens with one attached hydrogen (secondary N) is 1. The van der Waals surface area contributed by atoms with Crippen molar-refractivity contribution in [1.82, 2.24) is 5.32 Å². The van der Waals surface area contributed by atoms with Gasteiger partial charge in [-0.2, -0.15) is 0 Å². The number of amides is 1. The fourth-order valence-electron chi connectivity index (χ4n) is 1.63. The molecule has 2 atom stereocenters. The van der Waals surface area contributed by atoms with Crippen molar-refractivity contribution >= 4 is 29.1 Å². The van der Waals surface area contributed by atoms with Crippen LogP contribution in [0.25, 0.3) is 0 Å². The van der Waals surface area contributed by atoms with E-state index in [-0.39, 0.29) is 22.4 Å². The van der Waals surface area contributed by atoms with E-state index in [1.807, 2.05) is 0 Å². The smallest absolute Gasteiger partial charge is 0.223 e. The highest BCUT2D eigenvalue weighted by Gasteiger charge is 2.27. The van der Waals surface area contributed by atoms with Crippen LogP contribution in [0.3, 0.4) is 0 Å². The summed E-state index contributed by atoms with van der Waals surface area (Å²) in [6.45, 7) is 0.382. The first-order chi connectivity index (χ1) is 6.59. The maximum Gasteiger partial charge on any atom is 0.223 e. The Hall–Kier alpha value is -0.250. The second-order valence-corrected chi connectivity index (χ2v) is 4.52. The molecule has 5 heteroatoms. The molecule has 0 aliphatic heterocycles. The van der Waals surface area contributed by atoms with Crippen LogP contribution in [0.1, 0.15) is 19.3 Å². The molecule has 14 heavy (non-hydrogen) atoms. The van der Waals surface area contributed by atoms with E-state index in [9.17, 15) is 4.79 Å². The highest BCUT2D eigenvalue weighted by atomic mass is 35.5. The van der Waals surface area contributed by atoms with Gasteiger partial charge in [0, 0.05) is 18.5 Å². The van der Waals surface area contributed by atoms with Crippen molar-refractivity contribution in [3.8, 4) is 0 Å². The van der Waals surface area contributed by atoms with Crippen LogP contribution in [0, 0.1) is 5.92 Å². The summed E-state index contributed by atoms with van der Waals surface area (Å²) in [5.41, 5.74) is 5.71. The summed E-state index contributed by atoms with van der Waals surface area (Å²) in [6, 6.07) is 0.179. The molecule has 3 N–H and O–H groups in total. The van der Waals surface area contributed by atoms with Gasteiger partial charge in [-0.3, -0.25) is 4.79 Å². The summed E-state index contributed by atoms with van der Waals surface area (Å²) in [6.07, 6.45) is 4.15. The number of halogens is 2. The van der Waals surface area contributed by atoms with Gasteiger partial charge in [0.15, 0.2) is 0 Å². The van der Waals surface area contributed by atoms with Crippen molar-refractivity contribution in [3.05, 3.63) is 10.6 Å². The van der Waals surface area contributed by atoms with Crippen molar-refractivity contribution in [2.45, 2.75) is 25.3 Å². The third-order valence-corrected chi connectivity index (χ3v) is 2.69. The minimum absolute atomic E-state index is 0.0452. The Morgan fingerprint density at radius 2 is 2.21 bits per heavy atom. The van der Waals surface area contributed by atoms with Crippen molar-refractivity contribution in [1.29, 1.82) is 0 Å². The molecular formula is C9H14Cl2N2O. The van der Waals surface area contributed by atoms with E-state index in [2.05, 4.69) is 5.32 Å². The number of carbonyl (C=O) groups is 1. The van der Waals surface area contributed by atoms with Crippen LogP contribution in [0.2, 0.25) is 0 Å². The van der Waals surface area contributed by atoms with Gasteiger partial charge in [0.2, 0.25) is 5.91 Å². The molecular weight excluding hydrogens is 223 g/mol. The van der Waals surface area contributed by atoms with Crippen molar-refractivity contribution in [2.24, 2.45) is 11.7 Å². The van der Waals surface area contributed by atoms with E-state index >= 15 is 0 Å². The van der Waals surface area contributed by atoms with Crippen LogP contribution >= 0.6 is 23.2 Å². The molecule has 0 radical (unpaired) electrons. The van der Waals surface area contributed by atoms with Gasteiger partial charge in [-0.1, -0.05) is 23.2 Å². The van der Waals surface area contributed by atoms with E-state index < -0.39 is 0 Å². The predicted molar refractivity (Wildman–Crippen MR) is 58.1 cm³/mol. The third-order valence-electron chi connectivity index (χ3n) is 2.38. The van der Waals surface area contributed by atoms with Crippen LogP contribution in [0.15, 0.2) is 10.6 Å². The number of hydrogen-bond donors (Lipinski definition) is 2. The summed E-state index contributed by atoms with van der Waals surface area (Å²) >= 11 is 10.8. The Balaban J connectivity index is 2.25. The van der Waals surface area contributed by atoms with E-state index in [1.54, 1.807) is 6.08 Å². The standard InChI is InChI=1S/C9H14Cl2N2O/c10-8(11)3-4-13-9(14)6-1-2-7(12)5-6/h3,6-7H,1-2,4-5,12H2,(H,13,14). The molecule has 1 fully saturated rings. The lowest BCUT2D eigenvalue weighted by atomic mass is 10.1. The quantitative estimate of drug-likeness (QED) is 0.782. The second kappa shape index (κ2) is 5.59. The van der Waals surface area contributed by atoms with Gasteiger partial charge in [-0.05, 0) is 25.3 Å². The molecule has 0 spiro atoms. The van der Waals surface area contributed by atoms with Gasteiger partial charge in [0.25, 0.3) is 0 Å². The molecule has 3 nitrogen and oxygen atoms in total. The lowest BCUT2D eigenvalue weighted by Crippen LogP contribution is -2.30. The lowest BCUT2D eigenvalue weighted by molar-refractivity contribution is -0.124. The molecule has 2 unspecified atom stereocenters. The summed E-state index contributed by atoms with van der Waals surface area (Å²) in [4.78, 5) is 11.5. The Morgan fingerprint density at radius 1 is 1.50 bits per heavy atom. The van der Waals surface area contributed by atoms with Gasteiger partial charge in [-0.15, -0.1) is 0 Å². The van der Waals surface area contributed by atoms with E-state index in [1.165, 1.54) is 0 Å². The number of carbonyl (C=O) groups excluding carboxylic acids is 1. The number of nitrogens with two attached hydrogens (primary N) is 1. The first kappa shape index (κ1) is 11.8. The SMILES string of the molecule is NC1CCC(C(=O)NCC=C(Cl)Cl)C1. The molecule has 1 aliphatic carbocycles. The largest absolute Gasteiger partial charge is 0.352 e. The molecule has 0 aromatic carbocycles. The number of hydrogen-bond acceptors (Lipinski definition) is 2. The van der Waals surface area contributed by atoms with Crippen LogP contribution in [0.4, 0.5) is 0 Å². The molecule has 0 aromatic rings.